The summed E-state index contributed by atoms with van der Waals surface area (Å²) in [5.74, 6) is -4.27. The first-order valence-electron chi connectivity index (χ1n) is 5.39. The molecule has 0 fully saturated rings. The zero-order valence-electron chi connectivity index (χ0n) is 9.88. The van der Waals surface area contributed by atoms with Crippen LogP contribution in [0.2, 0.25) is 0 Å². The number of hydrogen-bond donors (Lipinski definition) is 2. The zero-order chi connectivity index (χ0) is 14.9. The van der Waals surface area contributed by atoms with Crippen LogP contribution in [-0.4, -0.2) is 4.99 Å². The summed E-state index contributed by atoms with van der Waals surface area (Å²) in [6.45, 7) is 0. The lowest BCUT2D eigenvalue weighted by Crippen LogP contribution is -2.11. The lowest BCUT2D eigenvalue weighted by Gasteiger charge is -2.10. The van der Waals surface area contributed by atoms with Crippen molar-refractivity contribution in [2.75, 3.05) is 5.32 Å². The van der Waals surface area contributed by atoms with Crippen LogP contribution in [0.4, 0.5) is 28.9 Å². The van der Waals surface area contributed by atoms with E-state index in [9.17, 15) is 17.6 Å². The number of anilines is 2. The Balaban J connectivity index is 2.36. The van der Waals surface area contributed by atoms with Gasteiger partial charge in [0.15, 0.2) is 11.6 Å². The number of nitrogens with two attached hydrogens (primary N) is 1. The second kappa shape index (κ2) is 5.46. The van der Waals surface area contributed by atoms with Crippen molar-refractivity contribution in [2.24, 2.45) is 5.73 Å². The molecule has 0 atom stereocenters. The van der Waals surface area contributed by atoms with Gasteiger partial charge in [0.25, 0.3) is 0 Å². The van der Waals surface area contributed by atoms with Gasteiger partial charge in [-0.15, -0.1) is 0 Å². The largest absolute Gasteiger partial charge is 0.389 e. The molecule has 2 aromatic carbocycles. The Kier molecular flexibility index (Phi) is 3.89. The van der Waals surface area contributed by atoms with E-state index in [4.69, 9.17) is 5.73 Å². The first-order valence-corrected chi connectivity index (χ1v) is 5.80. The van der Waals surface area contributed by atoms with E-state index in [1.807, 2.05) is 0 Å². The van der Waals surface area contributed by atoms with Gasteiger partial charge in [-0.3, -0.25) is 0 Å². The third-order valence-corrected chi connectivity index (χ3v) is 2.73. The van der Waals surface area contributed by atoms with Crippen molar-refractivity contribution in [3.8, 4) is 0 Å². The molecule has 3 N–H and O–H groups in total. The number of halogens is 4. The summed E-state index contributed by atoms with van der Waals surface area (Å²) in [6, 6.07) is 4.82. The lowest BCUT2D eigenvalue weighted by molar-refractivity contribution is 0.498. The molecule has 0 spiro atoms. The van der Waals surface area contributed by atoms with E-state index in [1.54, 1.807) is 0 Å². The van der Waals surface area contributed by atoms with Crippen LogP contribution in [0.5, 0.6) is 0 Å². The summed E-state index contributed by atoms with van der Waals surface area (Å²) in [4.78, 5) is -0.128. The van der Waals surface area contributed by atoms with Gasteiger partial charge in [0.1, 0.15) is 16.6 Å². The Morgan fingerprint density at radius 3 is 2.30 bits per heavy atom. The van der Waals surface area contributed by atoms with Gasteiger partial charge >= 0.3 is 0 Å². The third-order valence-electron chi connectivity index (χ3n) is 2.51. The highest BCUT2D eigenvalue weighted by Crippen LogP contribution is 2.24. The van der Waals surface area contributed by atoms with Crippen LogP contribution in [0.3, 0.4) is 0 Å². The Morgan fingerprint density at radius 2 is 1.70 bits per heavy atom. The van der Waals surface area contributed by atoms with Crippen molar-refractivity contribution in [3.05, 3.63) is 59.2 Å². The average Bonchev–Trinajstić information content (AvgIpc) is 2.35. The fourth-order valence-corrected chi connectivity index (χ4v) is 1.76. The highest BCUT2D eigenvalue weighted by molar-refractivity contribution is 7.80. The number of benzene rings is 2. The van der Waals surface area contributed by atoms with Gasteiger partial charge in [-0.05, 0) is 18.2 Å². The number of rotatable bonds is 3. The molecule has 0 aromatic heterocycles. The minimum atomic E-state index is -1.34. The minimum absolute atomic E-state index is 0.0245. The Hall–Kier alpha value is -2.15. The number of hydrogen-bond acceptors (Lipinski definition) is 2. The summed E-state index contributed by atoms with van der Waals surface area (Å²) < 4.78 is 53.1. The molecule has 0 bridgehead atoms. The van der Waals surface area contributed by atoms with Gasteiger partial charge in [-0.25, -0.2) is 17.6 Å². The van der Waals surface area contributed by atoms with E-state index in [2.05, 4.69) is 17.5 Å². The lowest BCUT2D eigenvalue weighted by atomic mass is 10.2. The van der Waals surface area contributed by atoms with Crippen LogP contribution in [0.25, 0.3) is 0 Å². The highest BCUT2D eigenvalue weighted by Gasteiger charge is 2.12. The van der Waals surface area contributed by atoms with Gasteiger partial charge in [-0.1, -0.05) is 12.2 Å². The predicted molar refractivity (Wildman–Crippen MR) is 71.9 cm³/mol. The molecule has 0 heterocycles. The zero-order valence-corrected chi connectivity index (χ0v) is 10.7. The van der Waals surface area contributed by atoms with Gasteiger partial charge < -0.3 is 11.1 Å². The van der Waals surface area contributed by atoms with Crippen LogP contribution in [0.1, 0.15) is 5.56 Å². The molecule has 2 rings (SSSR count). The minimum Gasteiger partial charge on any atom is -0.389 e. The first kappa shape index (κ1) is 14.3. The molecular weight excluding hydrogens is 292 g/mol. The molecule has 2 nitrogen and oxygen atoms in total. The van der Waals surface area contributed by atoms with Crippen molar-refractivity contribution in [2.45, 2.75) is 0 Å². The SMILES string of the molecule is NC(=S)c1ccc(Nc2cc(F)cc(F)c2F)cc1F. The smallest absolute Gasteiger partial charge is 0.182 e. The van der Waals surface area contributed by atoms with Gasteiger partial charge in [-0.2, -0.15) is 0 Å². The molecule has 0 unspecified atom stereocenters. The normalized spacial score (nSPS) is 10.4. The average molecular weight is 300 g/mol. The van der Waals surface area contributed by atoms with Crippen molar-refractivity contribution in [1.82, 2.24) is 0 Å². The second-order valence-corrected chi connectivity index (χ2v) is 4.37. The second-order valence-electron chi connectivity index (χ2n) is 3.93. The van der Waals surface area contributed by atoms with Crippen molar-refractivity contribution < 1.29 is 17.6 Å². The topological polar surface area (TPSA) is 38.0 Å². The van der Waals surface area contributed by atoms with Gasteiger partial charge in [0.2, 0.25) is 0 Å². The van der Waals surface area contributed by atoms with E-state index in [1.165, 1.54) is 12.1 Å². The Bertz CT molecular complexity index is 688. The molecular formula is C13H8F4N2S. The number of thiocarbonyl (C=S) groups is 1. The summed E-state index contributed by atoms with van der Waals surface area (Å²) in [5, 5.41) is 2.38. The number of nitrogens with one attached hydrogen (secondary N) is 1. The maximum absolute atomic E-state index is 13.6. The van der Waals surface area contributed by atoms with Crippen LogP contribution in [0, 0.1) is 23.3 Å². The van der Waals surface area contributed by atoms with E-state index in [0.717, 1.165) is 12.1 Å². The fraction of sp³-hybridized carbons (Fsp3) is 0. The first-order chi connectivity index (χ1) is 9.38. The van der Waals surface area contributed by atoms with E-state index in [-0.39, 0.29) is 16.2 Å². The standard InChI is InChI=1S/C13H8F4N2S/c14-6-3-10(16)12(17)11(4-6)19-7-1-2-8(13(18)20)9(15)5-7/h1-5,19H,(H2,18,20). The molecule has 0 amide bonds. The van der Waals surface area contributed by atoms with E-state index < -0.39 is 29.0 Å². The van der Waals surface area contributed by atoms with E-state index in [0.29, 0.717) is 6.07 Å². The molecule has 0 aliphatic heterocycles. The maximum Gasteiger partial charge on any atom is 0.182 e. The van der Waals surface area contributed by atoms with Crippen molar-refractivity contribution >= 4 is 28.6 Å². The molecule has 20 heavy (non-hydrogen) atoms. The summed E-state index contributed by atoms with van der Waals surface area (Å²) in [6.07, 6.45) is 0. The van der Waals surface area contributed by atoms with Crippen molar-refractivity contribution in [1.29, 1.82) is 0 Å². The highest BCUT2D eigenvalue weighted by atomic mass is 32.1. The van der Waals surface area contributed by atoms with E-state index >= 15 is 0 Å². The van der Waals surface area contributed by atoms with Crippen LogP contribution in [0.15, 0.2) is 30.3 Å². The molecule has 0 aliphatic carbocycles. The Morgan fingerprint density at radius 1 is 1.00 bits per heavy atom. The monoisotopic (exact) mass is 300 g/mol. The van der Waals surface area contributed by atoms with Crippen LogP contribution in [-0.2, 0) is 0 Å². The third kappa shape index (κ3) is 2.88. The molecule has 0 aliphatic rings. The molecule has 7 heteroatoms. The summed E-state index contributed by atoms with van der Waals surface area (Å²) >= 11 is 4.64. The summed E-state index contributed by atoms with van der Waals surface area (Å²) in [5.41, 5.74) is 4.98. The molecule has 0 saturated heterocycles. The molecule has 2 aromatic rings. The van der Waals surface area contributed by atoms with Crippen molar-refractivity contribution in [3.63, 3.8) is 0 Å². The van der Waals surface area contributed by atoms with Gasteiger partial charge in [0.05, 0.1) is 5.69 Å². The molecule has 0 saturated carbocycles. The molecule has 104 valence electrons. The summed E-state index contributed by atoms with van der Waals surface area (Å²) in [7, 11) is 0. The van der Waals surface area contributed by atoms with Crippen LogP contribution < -0.4 is 11.1 Å². The Labute approximate surface area is 117 Å². The predicted octanol–water partition coefficient (Wildman–Crippen LogP) is 3.62. The van der Waals surface area contributed by atoms with Crippen LogP contribution >= 0.6 is 12.2 Å². The molecule has 0 radical (unpaired) electrons. The quantitative estimate of drug-likeness (QED) is 0.516. The van der Waals surface area contributed by atoms with Gasteiger partial charge in [0, 0.05) is 23.4 Å². The fourth-order valence-electron chi connectivity index (χ4n) is 1.60. The maximum atomic E-state index is 13.6.